The fraction of sp³-hybridized carbons (Fsp3) is 0.214. The summed E-state index contributed by atoms with van der Waals surface area (Å²) in [4.78, 5) is 27.7. The lowest BCUT2D eigenvalue weighted by atomic mass is 9.88. The number of hydrogen-bond acceptors (Lipinski definition) is 4. The van der Waals surface area contributed by atoms with Crippen molar-refractivity contribution in [3.63, 3.8) is 0 Å². The van der Waals surface area contributed by atoms with Crippen LogP contribution in [0.2, 0.25) is 0 Å². The first-order chi connectivity index (χ1) is 16.5. The normalized spacial score (nSPS) is 19.2. The fourth-order valence-electron chi connectivity index (χ4n) is 4.87. The predicted octanol–water partition coefficient (Wildman–Crippen LogP) is 5.34. The Hall–Kier alpha value is -3.93. The van der Waals surface area contributed by atoms with Crippen molar-refractivity contribution in [2.24, 2.45) is 0 Å². The summed E-state index contributed by atoms with van der Waals surface area (Å²) in [6.07, 6.45) is 4.06. The Balaban J connectivity index is 1.69. The number of carbonyl (C=O) groups excluding carboxylic acids is 2. The summed E-state index contributed by atoms with van der Waals surface area (Å²) in [5.74, 6) is -1.95. The predicted molar refractivity (Wildman–Crippen MR) is 127 cm³/mol. The van der Waals surface area contributed by atoms with Gasteiger partial charge < -0.3 is 9.84 Å². The van der Waals surface area contributed by atoms with E-state index in [-0.39, 0.29) is 16.9 Å². The molecule has 1 atom stereocenters. The van der Waals surface area contributed by atoms with Crippen LogP contribution in [0.1, 0.15) is 41.1 Å². The van der Waals surface area contributed by atoms with Gasteiger partial charge in [-0.25, -0.2) is 4.39 Å². The van der Waals surface area contributed by atoms with Gasteiger partial charge in [0, 0.05) is 16.8 Å². The molecule has 5 rings (SSSR count). The van der Waals surface area contributed by atoms with Crippen molar-refractivity contribution in [3.8, 4) is 5.75 Å². The number of methoxy groups -OCH3 is 1. The number of ketones is 1. The van der Waals surface area contributed by atoms with Crippen LogP contribution in [0.4, 0.5) is 10.1 Å². The molecule has 172 valence electrons. The number of anilines is 1. The first-order valence-corrected chi connectivity index (χ1v) is 11.3. The molecule has 0 aromatic heterocycles. The number of rotatable bonds is 4. The molecule has 0 spiro atoms. The largest absolute Gasteiger partial charge is 0.507 e. The van der Waals surface area contributed by atoms with Gasteiger partial charge in [-0.3, -0.25) is 14.5 Å². The van der Waals surface area contributed by atoms with Crippen molar-refractivity contribution in [2.75, 3.05) is 12.0 Å². The van der Waals surface area contributed by atoms with E-state index in [4.69, 9.17) is 4.74 Å². The van der Waals surface area contributed by atoms with Gasteiger partial charge in [0.05, 0.1) is 18.7 Å². The first kappa shape index (κ1) is 21.9. The van der Waals surface area contributed by atoms with Gasteiger partial charge in [0.25, 0.3) is 11.7 Å². The molecule has 2 aliphatic rings. The Labute approximate surface area is 197 Å². The molecule has 1 amide bonds. The summed E-state index contributed by atoms with van der Waals surface area (Å²) in [7, 11) is 1.53. The maximum absolute atomic E-state index is 15.0. The molecule has 0 radical (unpaired) electrons. The van der Waals surface area contributed by atoms with Crippen molar-refractivity contribution in [3.05, 3.63) is 100 Å². The van der Waals surface area contributed by atoms with Crippen molar-refractivity contribution < 1.29 is 23.8 Å². The van der Waals surface area contributed by atoms with Crippen LogP contribution in [0.25, 0.3) is 5.76 Å². The molecule has 1 saturated heterocycles. The lowest BCUT2D eigenvalue weighted by Crippen LogP contribution is -2.29. The molecule has 1 aliphatic heterocycles. The lowest BCUT2D eigenvalue weighted by molar-refractivity contribution is -0.132. The molecule has 1 fully saturated rings. The topological polar surface area (TPSA) is 66.8 Å². The minimum atomic E-state index is -1.11. The maximum atomic E-state index is 15.0. The highest BCUT2D eigenvalue weighted by Gasteiger charge is 2.47. The second-order valence-electron chi connectivity index (χ2n) is 8.58. The number of aliphatic hydroxyl groups is 1. The monoisotopic (exact) mass is 457 g/mol. The molecule has 3 aromatic rings. The third-order valence-corrected chi connectivity index (χ3v) is 6.62. The molecular weight excluding hydrogens is 433 g/mol. The lowest BCUT2D eigenvalue weighted by Gasteiger charge is -2.26. The van der Waals surface area contributed by atoms with E-state index in [1.807, 2.05) is 12.1 Å². The van der Waals surface area contributed by atoms with Gasteiger partial charge in [-0.05, 0) is 73.2 Å². The number of amides is 1. The van der Waals surface area contributed by atoms with Crippen LogP contribution < -0.4 is 9.64 Å². The van der Waals surface area contributed by atoms with E-state index >= 15 is 0 Å². The number of fused-ring (bicyclic) bond motifs is 1. The van der Waals surface area contributed by atoms with Gasteiger partial charge >= 0.3 is 0 Å². The zero-order valence-electron chi connectivity index (χ0n) is 18.8. The number of hydrogen-bond donors (Lipinski definition) is 1. The van der Waals surface area contributed by atoms with E-state index in [0.717, 1.165) is 31.2 Å². The van der Waals surface area contributed by atoms with Crippen molar-refractivity contribution >= 4 is 23.1 Å². The molecule has 34 heavy (non-hydrogen) atoms. The second kappa shape index (κ2) is 8.78. The number of benzene rings is 3. The Bertz CT molecular complexity index is 1310. The van der Waals surface area contributed by atoms with Gasteiger partial charge in [-0.2, -0.15) is 0 Å². The molecule has 3 aromatic carbocycles. The van der Waals surface area contributed by atoms with Crippen LogP contribution in [0.3, 0.4) is 0 Å². The summed E-state index contributed by atoms with van der Waals surface area (Å²) in [6.45, 7) is 0. The van der Waals surface area contributed by atoms with Crippen LogP contribution >= 0.6 is 0 Å². The Morgan fingerprint density at radius 1 is 0.971 bits per heavy atom. The Morgan fingerprint density at radius 3 is 2.38 bits per heavy atom. The number of aryl methyl sites for hydroxylation is 2. The summed E-state index contributed by atoms with van der Waals surface area (Å²) in [5.41, 5.74) is 3.23. The average Bonchev–Trinajstić information content (AvgIpc) is 3.13. The number of nitrogens with zero attached hydrogens (tertiary/aromatic N) is 1. The summed E-state index contributed by atoms with van der Waals surface area (Å²) in [6, 6.07) is 17.1. The molecule has 1 N–H and O–H groups in total. The second-order valence-corrected chi connectivity index (χ2v) is 8.58. The van der Waals surface area contributed by atoms with E-state index in [1.54, 1.807) is 42.5 Å². The highest BCUT2D eigenvalue weighted by Crippen LogP contribution is 2.43. The zero-order chi connectivity index (χ0) is 23.8. The molecule has 0 bridgehead atoms. The van der Waals surface area contributed by atoms with Crippen molar-refractivity contribution in [1.82, 2.24) is 0 Å². The highest BCUT2D eigenvalue weighted by molar-refractivity contribution is 6.51. The number of carbonyl (C=O) groups is 2. The van der Waals surface area contributed by atoms with Crippen molar-refractivity contribution in [1.29, 1.82) is 0 Å². The van der Waals surface area contributed by atoms with Gasteiger partial charge in [0.2, 0.25) is 0 Å². The minimum absolute atomic E-state index is 0.123. The van der Waals surface area contributed by atoms with E-state index in [0.29, 0.717) is 17.0 Å². The highest BCUT2D eigenvalue weighted by atomic mass is 19.1. The van der Waals surface area contributed by atoms with E-state index in [9.17, 15) is 19.1 Å². The molecular formula is C28H24FNO4. The third-order valence-electron chi connectivity index (χ3n) is 6.62. The van der Waals surface area contributed by atoms with Gasteiger partial charge in [-0.1, -0.05) is 30.3 Å². The number of aliphatic hydroxyl groups excluding tert-OH is 1. The summed E-state index contributed by atoms with van der Waals surface area (Å²) < 4.78 is 20.2. The number of halogens is 1. The van der Waals surface area contributed by atoms with Crippen LogP contribution in [0.15, 0.2) is 72.3 Å². The van der Waals surface area contributed by atoms with Crippen LogP contribution in [0.5, 0.6) is 5.75 Å². The van der Waals surface area contributed by atoms with E-state index in [1.165, 1.54) is 29.7 Å². The van der Waals surface area contributed by atoms with Gasteiger partial charge in [-0.15, -0.1) is 0 Å². The van der Waals surface area contributed by atoms with Crippen LogP contribution in [-0.4, -0.2) is 23.9 Å². The third kappa shape index (κ3) is 3.65. The van der Waals surface area contributed by atoms with Crippen LogP contribution in [-0.2, 0) is 22.4 Å². The zero-order valence-corrected chi connectivity index (χ0v) is 18.8. The Morgan fingerprint density at radius 2 is 1.68 bits per heavy atom. The summed E-state index contributed by atoms with van der Waals surface area (Å²) >= 11 is 0. The van der Waals surface area contributed by atoms with Crippen LogP contribution in [0, 0.1) is 5.82 Å². The van der Waals surface area contributed by atoms with Gasteiger partial charge in [0.1, 0.15) is 17.3 Å². The number of ether oxygens (including phenoxy) is 1. The smallest absolute Gasteiger partial charge is 0.300 e. The standard InChI is InChI=1S/C28H24FNO4/c1-34-21-14-12-20(13-15-21)30-25(22-8-4-5-9-23(22)29)24(27(32)28(30)33)26(31)19-11-10-17-6-2-3-7-18(17)16-19/h4-5,8-16,25,31H,2-3,6-7H2,1H3/b26-24+. The average molecular weight is 458 g/mol. The first-order valence-electron chi connectivity index (χ1n) is 11.3. The van der Waals surface area contributed by atoms with E-state index < -0.39 is 23.5 Å². The number of Topliss-reactive ketones (excluding diaryl/α,β-unsaturated/α-hetero) is 1. The molecule has 6 heteroatoms. The molecule has 5 nitrogen and oxygen atoms in total. The van der Waals surface area contributed by atoms with E-state index in [2.05, 4.69) is 0 Å². The maximum Gasteiger partial charge on any atom is 0.300 e. The van der Waals surface area contributed by atoms with Crippen molar-refractivity contribution in [2.45, 2.75) is 31.7 Å². The molecule has 1 heterocycles. The molecule has 1 aliphatic carbocycles. The van der Waals surface area contributed by atoms with Gasteiger partial charge in [0.15, 0.2) is 0 Å². The minimum Gasteiger partial charge on any atom is -0.507 e. The molecule has 1 unspecified atom stereocenters. The molecule has 0 saturated carbocycles. The quantitative estimate of drug-likeness (QED) is 0.326. The fourth-order valence-corrected chi connectivity index (χ4v) is 4.87. The SMILES string of the molecule is COc1ccc(N2C(=O)C(=O)/C(=C(/O)c3ccc4c(c3)CCCC4)C2c2ccccc2F)cc1. The summed E-state index contributed by atoms with van der Waals surface area (Å²) in [5, 5.41) is 11.3. The Kier molecular flexibility index (Phi) is 5.65.